The Morgan fingerprint density at radius 3 is 2.68 bits per heavy atom. The molecule has 0 spiro atoms. The van der Waals surface area contributed by atoms with E-state index in [4.69, 9.17) is 33.2 Å². The third-order valence-electron chi connectivity index (χ3n) is 6.40. The van der Waals surface area contributed by atoms with Crippen LogP contribution in [0.1, 0.15) is 42.1 Å². The number of carbonyl (C=O) groups excluding carboxylic acids is 1. The van der Waals surface area contributed by atoms with E-state index in [1.807, 2.05) is 42.5 Å². The van der Waals surface area contributed by atoms with Gasteiger partial charge in [-0.1, -0.05) is 71.7 Å². The number of oxazole rings is 1. The lowest BCUT2D eigenvalue weighted by atomic mass is 9.98. The van der Waals surface area contributed by atoms with Crippen molar-refractivity contribution in [1.82, 2.24) is 10.3 Å². The number of carbonyl (C=O) groups is 1. The van der Waals surface area contributed by atoms with Gasteiger partial charge >= 0.3 is 0 Å². The molecule has 1 atom stereocenters. The quantitative estimate of drug-likeness (QED) is 0.200. The van der Waals surface area contributed by atoms with Crippen molar-refractivity contribution in [1.29, 1.82) is 0 Å². The molecular formula is C29H23BrClN3O2S. The van der Waals surface area contributed by atoms with Gasteiger partial charge in [-0.2, -0.15) is 0 Å². The monoisotopic (exact) mass is 591 g/mol. The van der Waals surface area contributed by atoms with E-state index in [1.54, 1.807) is 18.2 Å². The number of nitrogens with zero attached hydrogens (tertiary/aromatic N) is 1. The van der Waals surface area contributed by atoms with E-state index >= 15 is 0 Å². The molecular weight excluding hydrogens is 570 g/mol. The number of nitrogens with one attached hydrogen (secondary N) is 2. The highest BCUT2D eigenvalue weighted by Gasteiger charge is 2.15. The highest BCUT2D eigenvalue weighted by atomic mass is 79.9. The molecule has 4 aromatic carbocycles. The molecule has 8 heteroatoms. The summed E-state index contributed by atoms with van der Waals surface area (Å²) in [7, 11) is 0. The Kier molecular flexibility index (Phi) is 7.29. The minimum absolute atomic E-state index is 0.131. The normalized spacial score (nSPS) is 12.0. The van der Waals surface area contributed by atoms with Gasteiger partial charge in [0, 0.05) is 15.6 Å². The number of rotatable bonds is 5. The summed E-state index contributed by atoms with van der Waals surface area (Å²) < 4.78 is 6.92. The van der Waals surface area contributed by atoms with E-state index in [0.717, 1.165) is 38.3 Å². The first kappa shape index (κ1) is 25.4. The second kappa shape index (κ2) is 10.6. The van der Waals surface area contributed by atoms with Gasteiger partial charge in [-0.15, -0.1) is 0 Å². The van der Waals surface area contributed by atoms with Crippen molar-refractivity contribution in [3.05, 3.63) is 93.4 Å². The summed E-state index contributed by atoms with van der Waals surface area (Å²) in [6, 6.07) is 22.8. The maximum absolute atomic E-state index is 13.0. The zero-order chi connectivity index (χ0) is 26.1. The van der Waals surface area contributed by atoms with Crippen LogP contribution in [0.3, 0.4) is 0 Å². The van der Waals surface area contributed by atoms with Crippen LogP contribution < -0.4 is 10.6 Å². The lowest BCUT2D eigenvalue weighted by Crippen LogP contribution is -2.34. The van der Waals surface area contributed by atoms with Gasteiger partial charge in [0.1, 0.15) is 5.52 Å². The van der Waals surface area contributed by atoms with Gasteiger partial charge < -0.3 is 9.73 Å². The van der Waals surface area contributed by atoms with Crippen LogP contribution in [0.2, 0.25) is 5.02 Å². The van der Waals surface area contributed by atoms with Gasteiger partial charge in [-0.05, 0) is 83.4 Å². The van der Waals surface area contributed by atoms with Crippen LogP contribution in [-0.4, -0.2) is 16.0 Å². The van der Waals surface area contributed by atoms with Crippen LogP contribution in [0.25, 0.3) is 33.3 Å². The van der Waals surface area contributed by atoms with E-state index in [0.29, 0.717) is 28.1 Å². The van der Waals surface area contributed by atoms with E-state index < -0.39 is 0 Å². The lowest BCUT2D eigenvalue weighted by Gasteiger charge is -2.13. The zero-order valence-corrected chi connectivity index (χ0v) is 23.3. The summed E-state index contributed by atoms with van der Waals surface area (Å²) in [6.07, 6.45) is 1.05. The molecule has 0 aliphatic rings. The Labute approximate surface area is 233 Å². The van der Waals surface area contributed by atoms with Crippen LogP contribution in [-0.2, 0) is 0 Å². The minimum atomic E-state index is -0.315. The SMILES string of the molecule is CC[C@@H](C)c1ccc2oc(-c3ccc(Cl)c(NC(=S)NC(=O)c4cccc5c(Br)cccc45)c3)nc2c1. The summed E-state index contributed by atoms with van der Waals surface area (Å²) in [6.45, 7) is 4.36. The number of benzene rings is 4. The Hall–Kier alpha value is -3.26. The van der Waals surface area contributed by atoms with E-state index in [2.05, 4.69) is 52.5 Å². The topological polar surface area (TPSA) is 67.2 Å². The maximum Gasteiger partial charge on any atom is 0.258 e. The highest BCUT2D eigenvalue weighted by molar-refractivity contribution is 9.10. The number of aromatic nitrogens is 1. The van der Waals surface area contributed by atoms with Gasteiger partial charge in [0.15, 0.2) is 10.7 Å². The molecule has 2 N–H and O–H groups in total. The highest BCUT2D eigenvalue weighted by Crippen LogP contribution is 2.32. The van der Waals surface area contributed by atoms with E-state index in [9.17, 15) is 4.79 Å². The fourth-order valence-corrected chi connectivity index (χ4v) is 5.02. The number of anilines is 1. The first-order valence-corrected chi connectivity index (χ1v) is 13.4. The standard InChI is InChI=1S/C29H23BrClN3O2S/c1-3-16(2)17-11-13-26-25(14-17)32-28(36-26)18-10-12-23(31)24(15-18)33-29(37)34-27(35)21-8-4-7-20-19(21)6-5-9-22(20)30/h4-16H,3H2,1-2H3,(H2,33,34,35,37)/t16-/m1/s1. The largest absolute Gasteiger partial charge is 0.436 e. The molecule has 0 fully saturated rings. The van der Waals surface area contributed by atoms with Gasteiger partial charge in [-0.25, -0.2) is 4.98 Å². The molecule has 0 aliphatic carbocycles. The maximum atomic E-state index is 13.0. The van der Waals surface area contributed by atoms with E-state index in [1.165, 1.54) is 5.56 Å². The number of fused-ring (bicyclic) bond motifs is 2. The predicted molar refractivity (Wildman–Crippen MR) is 158 cm³/mol. The summed E-state index contributed by atoms with van der Waals surface area (Å²) in [4.78, 5) is 17.7. The summed E-state index contributed by atoms with van der Waals surface area (Å²) in [5, 5.41) is 8.14. The number of hydrogen-bond donors (Lipinski definition) is 2. The molecule has 1 aromatic heterocycles. The van der Waals surface area contributed by atoms with Crippen LogP contribution in [0.15, 0.2) is 81.7 Å². The first-order chi connectivity index (χ1) is 17.8. The second-order valence-electron chi connectivity index (χ2n) is 8.80. The van der Waals surface area contributed by atoms with Gasteiger partial charge in [0.25, 0.3) is 5.91 Å². The van der Waals surface area contributed by atoms with Crippen molar-refractivity contribution in [2.24, 2.45) is 0 Å². The molecule has 1 heterocycles. The van der Waals surface area contributed by atoms with Crippen molar-refractivity contribution < 1.29 is 9.21 Å². The Morgan fingerprint density at radius 2 is 1.86 bits per heavy atom. The zero-order valence-electron chi connectivity index (χ0n) is 20.1. The summed E-state index contributed by atoms with van der Waals surface area (Å²) >= 11 is 15.4. The molecule has 0 saturated carbocycles. The fraction of sp³-hybridized carbons (Fsp3) is 0.138. The van der Waals surface area contributed by atoms with Crippen molar-refractivity contribution >= 4 is 78.3 Å². The molecule has 186 valence electrons. The average molecular weight is 593 g/mol. The number of amides is 1. The molecule has 0 bridgehead atoms. The van der Waals surface area contributed by atoms with Crippen LogP contribution in [0.4, 0.5) is 5.69 Å². The molecule has 0 radical (unpaired) electrons. The van der Waals surface area contributed by atoms with Gasteiger partial charge in [0.05, 0.1) is 10.7 Å². The molecule has 0 aliphatic heterocycles. The average Bonchev–Trinajstić information content (AvgIpc) is 3.33. The number of hydrogen-bond acceptors (Lipinski definition) is 4. The molecule has 1 amide bonds. The third kappa shape index (κ3) is 5.25. The van der Waals surface area contributed by atoms with E-state index in [-0.39, 0.29) is 11.0 Å². The van der Waals surface area contributed by atoms with Gasteiger partial charge in [-0.3, -0.25) is 10.1 Å². The van der Waals surface area contributed by atoms with Crippen LogP contribution in [0, 0.1) is 0 Å². The lowest BCUT2D eigenvalue weighted by molar-refractivity contribution is 0.0979. The Balaban J connectivity index is 1.36. The molecule has 5 nitrogen and oxygen atoms in total. The summed E-state index contributed by atoms with van der Waals surface area (Å²) in [5.41, 5.74) is 4.55. The Bertz CT molecular complexity index is 1670. The van der Waals surface area contributed by atoms with Crippen molar-refractivity contribution in [2.45, 2.75) is 26.2 Å². The molecule has 0 saturated heterocycles. The molecule has 5 rings (SSSR count). The minimum Gasteiger partial charge on any atom is -0.436 e. The third-order valence-corrected chi connectivity index (χ3v) is 7.62. The molecule has 0 unspecified atom stereocenters. The van der Waals surface area contributed by atoms with Crippen molar-refractivity contribution in [3.63, 3.8) is 0 Å². The van der Waals surface area contributed by atoms with Crippen LogP contribution >= 0.6 is 39.7 Å². The number of halogens is 2. The molecule has 5 aromatic rings. The van der Waals surface area contributed by atoms with Gasteiger partial charge in [0.2, 0.25) is 5.89 Å². The smallest absolute Gasteiger partial charge is 0.258 e. The van der Waals surface area contributed by atoms with Crippen molar-refractivity contribution in [3.8, 4) is 11.5 Å². The fourth-order valence-electron chi connectivity index (χ4n) is 4.16. The predicted octanol–water partition coefficient (Wildman–Crippen LogP) is 8.70. The van der Waals surface area contributed by atoms with Crippen molar-refractivity contribution in [2.75, 3.05) is 5.32 Å². The number of thiocarbonyl (C=S) groups is 1. The summed E-state index contributed by atoms with van der Waals surface area (Å²) in [5.74, 6) is 0.611. The first-order valence-electron chi connectivity index (χ1n) is 11.8. The second-order valence-corrected chi connectivity index (χ2v) is 10.5. The molecule has 37 heavy (non-hydrogen) atoms. The Morgan fingerprint density at radius 1 is 1.08 bits per heavy atom. The van der Waals surface area contributed by atoms with Crippen LogP contribution in [0.5, 0.6) is 0 Å².